The minimum atomic E-state index is -1.11. The summed E-state index contributed by atoms with van der Waals surface area (Å²) in [6.07, 6.45) is -0.281. The van der Waals surface area contributed by atoms with Crippen LogP contribution in [0.5, 0.6) is 0 Å². The number of aliphatic hydroxyl groups is 1. The molecule has 2 N–H and O–H groups in total. The molecule has 0 aromatic rings. The van der Waals surface area contributed by atoms with Crippen LogP contribution in [0, 0.1) is 10.8 Å². The summed E-state index contributed by atoms with van der Waals surface area (Å²) >= 11 is 16.1. The summed E-state index contributed by atoms with van der Waals surface area (Å²) in [7, 11) is 0. The van der Waals surface area contributed by atoms with Gasteiger partial charge in [-0.3, -0.25) is 15.0 Å². The van der Waals surface area contributed by atoms with Crippen molar-refractivity contribution >= 4 is 68.4 Å². The van der Waals surface area contributed by atoms with Crippen LogP contribution in [0.1, 0.15) is 25.7 Å². The van der Waals surface area contributed by atoms with Crippen molar-refractivity contribution in [2.75, 3.05) is 49.4 Å². The number of nitrogens with one attached hydrogen (secondary N) is 1. The number of carbonyl (C=O) groups excluding carboxylic acids is 2. The third kappa shape index (κ3) is 14.4. The predicted molar refractivity (Wildman–Crippen MR) is 124 cm³/mol. The van der Waals surface area contributed by atoms with Crippen molar-refractivity contribution in [3.63, 3.8) is 0 Å². The first kappa shape index (κ1) is 28.7. The first-order valence-electron chi connectivity index (χ1n) is 9.07. The lowest BCUT2D eigenvalue weighted by Crippen LogP contribution is -2.44. The summed E-state index contributed by atoms with van der Waals surface area (Å²) < 4.78 is 21.5. The molecule has 0 rings (SSSR count). The Morgan fingerprint density at radius 1 is 0.793 bits per heavy atom. The van der Waals surface area contributed by atoms with Gasteiger partial charge in [-0.15, -0.1) is 0 Å². The molecule has 0 aliphatic heterocycles. The van der Waals surface area contributed by atoms with Gasteiger partial charge in [0.25, 0.3) is 0 Å². The number of thiol groups is 4. The quantitative estimate of drug-likeness (QED) is 0.0605. The number of aliphatic hydroxyl groups excluding tert-OH is 1. The summed E-state index contributed by atoms with van der Waals surface area (Å²) in [6, 6.07) is 0. The summed E-state index contributed by atoms with van der Waals surface area (Å²) in [5.41, 5.74) is -1.11. The normalized spacial score (nSPS) is 12.3. The Balaban J connectivity index is 5.33. The number of carbonyl (C=O) groups is 2. The van der Waals surface area contributed by atoms with Gasteiger partial charge in [0.1, 0.15) is 19.8 Å². The second-order valence-electron chi connectivity index (χ2n) is 6.23. The highest BCUT2D eigenvalue weighted by Gasteiger charge is 2.37. The average molecular weight is 490 g/mol. The number of hydrogen-bond acceptors (Lipinski definition) is 12. The highest BCUT2D eigenvalue weighted by Crippen LogP contribution is 2.23. The fourth-order valence-corrected chi connectivity index (χ4v) is 2.71. The van der Waals surface area contributed by atoms with Gasteiger partial charge in [0.2, 0.25) is 0 Å². The Labute approximate surface area is 193 Å². The fourth-order valence-electron chi connectivity index (χ4n) is 1.92. The van der Waals surface area contributed by atoms with E-state index >= 15 is 0 Å². The van der Waals surface area contributed by atoms with Gasteiger partial charge in [-0.05, 0) is 11.5 Å². The van der Waals surface area contributed by atoms with E-state index in [0.717, 1.165) is 0 Å². The first-order chi connectivity index (χ1) is 13.8. The van der Waals surface area contributed by atoms with Gasteiger partial charge in [0.05, 0.1) is 24.9 Å². The van der Waals surface area contributed by atoms with E-state index in [1.165, 1.54) is 0 Å². The molecular formula is C17H31NO7S4. The van der Waals surface area contributed by atoms with Crippen LogP contribution in [-0.2, 0) is 28.5 Å². The lowest BCUT2D eigenvalue weighted by atomic mass is 9.92. The minimum Gasteiger partial charge on any atom is -0.480 e. The summed E-state index contributed by atoms with van der Waals surface area (Å²) in [4.78, 5) is 23.7. The molecule has 12 heteroatoms. The van der Waals surface area contributed by atoms with E-state index in [1.54, 1.807) is 0 Å². The molecule has 170 valence electrons. The molecule has 0 saturated heterocycles. The fraction of sp³-hybridized carbons (Fsp3) is 0.824. The summed E-state index contributed by atoms with van der Waals surface area (Å²) in [5, 5.41) is 17.7. The number of esters is 2. The van der Waals surface area contributed by atoms with Gasteiger partial charge in [-0.1, -0.05) is 0 Å². The molecule has 0 aromatic heterocycles. The van der Waals surface area contributed by atoms with Crippen LogP contribution in [-0.4, -0.2) is 78.7 Å². The van der Waals surface area contributed by atoms with Crippen LogP contribution in [0.15, 0.2) is 0 Å². The predicted octanol–water partition coefficient (Wildman–Crippen LogP) is 1.67. The van der Waals surface area contributed by atoms with Gasteiger partial charge < -0.3 is 24.1 Å². The third-order valence-electron chi connectivity index (χ3n) is 3.56. The van der Waals surface area contributed by atoms with Crippen LogP contribution in [0.25, 0.3) is 0 Å². The van der Waals surface area contributed by atoms with Crippen molar-refractivity contribution in [3.8, 4) is 0 Å². The zero-order valence-electron chi connectivity index (χ0n) is 16.2. The van der Waals surface area contributed by atoms with E-state index in [1.807, 2.05) is 0 Å². The van der Waals surface area contributed by atoms with Gasteiger partial charge >= 0.3 is 11.9 Å². The Kier molecular flexibility index (Phi) is 17.3. The van der Waals surface area contributed by atoms with Gasteiger partial charge in [-0.2, -0.15) is 50.5 Å². The lowest BCUT2D eigenvalue weighted by Gasteiger charge is -2.33. The molecule has 0 aliphatic carbocycles. The van der Waals surface area contributed by atoms with E-state index in [-0.39, 0.29) is 51.6 Å². The zero-order valence-corrected chi connectivity index (χ0v) is 19.8. The summed E-state index contributed by atoms with van der Waals surface area (Å²) in [5.74, 6) is 0.511. The molecule has 1 atom stereocenters. The van der Waals surface area contributed by atoms with Crippen LogP contribution < -0.4 is 0 Å². The van der Waals surface area contributed by atoms with E-state index in [2.05, 4.69) is 50.5 Å². The lowest BCUT2D eigenvalue weighted by molar-refractivity contribution is -0.173. The standard InChI is InChI=1S/C17H31NO7S4/c18-13(1-5-26)22-9-17(10-23-14(19)2-6-27,11-24-15(20)3-7-28)12-25-16(21)4-8-29/h14,18-19,26-29H,1-12H2. The van der Waals surface area contributed by atoms with Crippen LogP contribution in [0.2, 0.25) is 0 Å². The maximum Gasteiger partial charge on any atom is 0.306 e. The monoisotopic (exact) mass is 489 g/mol. The summed E-state index contributed by atoms with van der Waals surface area (Å²) in [6.45, 7) is -0.612. The van der Waals surface area contributed by atoms with E-state index in [4.69, 9.17) is 24.4 Å². The third-order valence-corrected chi connectivity index (χ3v) is 4.49. The maximum absolute atomic E-state index is 11.8. The molecule has 0 aliphatic rings. The largest absolute Gasteiger partial charge is 0.480 e. The Morgan fingerprint density at radius 2 is 1.28 bits per heavy atom. The van der Waals surface area contributed by atoms with E-state index in [9.17, 15) is 14.7 Å². The van der Waals surface area contributed by atoms with Crippen molar-refractivity contribution in [3.05, 3.63) is 0 Å². The van der Waals surface area contributed by atoms with Crippen molar-refractivity contribution in [1.82, 2.24) is 0 Å². The second kappa shape index (κ2) is 17.4. The van der Waals surface area contributed by atoms with Gasteiger partial charge in [0, 0.05) is 24.3 Å². The Hall–Kier alpha value is -0.270. The minimum absolute atomic E-state index is 0.0105. The number of ether oxygens (including phenoxy) is 4. The molecule has 0 spiro atoms. The molecule has 0 heterocycles. The van der Waals surface area contributed by atoms with E-state index in [0.29, 0.717) is 29.4 Å². The number of rotatable bonds is 17. The van der Waals surface area contributed by atoms with E-state index < -0.39 is 23.6 Å². The van der Waals surface area contributed by atoms with Gasteiger partial charge in [-0.25, -0.2) is 0 Å². The molecule has 29 heavy (non-hydrogen) atoms. The average Bonchev–Trinajstić information content (AvgIpc) is 2.68. The maximum atomic E-state index is 11.8. The first-order valence-corrected chi connectivity index (χ1v) is 11.6. The second-order valence-corrected chi connectivity index (χ2v) is 8.02. The van der Waals surface area contributed by atoms with Crippen LogP contribution in [0.3, 0.4) is 0 Å². The smallest absolute Gasteiger partial charge is 0.306 e. The molecule has 0 saturated carbocycles. The highest BCUT2D eigenvalue weighted by atomic mass is 32.1. The number of hydrogen-bond donors (Lipinski definition) is 6. The van der Waals surface area contributed by atoms with Gasteiger partial charge in [0.15, 0.2) is 12.2 Å². The Morgan fingerprint density at radius 3 is 1.72 bits per heavy atom. The van der Waals surface area contributed by atoms with Crippen molar-refractivity contribution in [2.45, 2.75) is 32.0 Å². The molecule has 0 amide bonds. The Bertz CT molecular complexity index is 441. The molecule has 1 unspecified atom stereocenters. The SMILES string of the molecule is N=C(CCS)OCC(COC(=O)CCS)(COC(=O)CCS)COC(O)CCS. The zero-order chi connectivity index (χ0) is 22.1. The molecule has 8 nitrogen and oxygen atoms in total. The van der Waals surface area contributed by atoms with Crippen molar-refractivity contribution < 1.29 is 33.6 Å². The molecule has 0 aromatic carbocycles. The topological polar surface area (TPSA) is 115 Å². The molecule has 0 fully saturated rings. The highest BCUT2D eigenvalue weighted by molar-refractivity contribution is 7.80. The van der Waals surface area contributed by atoms with Crippen LogP contribution in [0.4, 0.5) is 0 Å². The molecule has 0 bridgehead atoms. The van der Waals surface area contributed by atoms with Crippen LogP contribution >= 0.6 is 50.5 Å². The van der Waals surface area contributed by atoms with Crippen molar-refractivity contribution in [2.24, 2.45) is 5.41 Å². The molecular weight excluding hydrogens is 458 g/mol. The van der Waals surface area contributed by atoms with Crippen molar-refractivity contribution in [1.29, 1.82) is 5.41 Å². The molecule has 0 radical (unpaired) electrons.